The fourth-order valence-electron chi connectivity index (χ4n) is 4.59. The van der Waals surface area contributed by atoms with E-state index in [1.807, 2.05) is 51.9 Å². The molecule has 29 heavy (non-hydrogen) atoms. The quantitative estimate of drug-likeness (QED) is 0.740. The summed E-state index contributed by atoms with van der Waals surface area (Å²) in [5.41, 5.74) is 1.18. The van der Waals surface area contributed by atoms with E-state index in [1.54, 1.807) is 12.4 Å². The van der Waals surface area contributed by atoms with Crippen LogP contribution in [0.25, 0.3) is 5.65 Å². The molecule has 7 heteroatoms. The summed E-state index contributed by atoms with van der Waals surface area (Å²) in [4.78, 5) is 23.8. The summed E-state index contributed by atoms with van der Waals surface area (Å²) in [6, 6.07) is 11.6. The summed E-state index contributed by atoms with van der Waals surface area (Å²) in [6.45, 7) is 2.96. The van der Waals surface area contributed by atoms with Gasteiger partial charge in [-0.2, -0.15) is 0 Å². The van der Waals surface area contributed by atoms with Gasteiger partial charge >= 0.3 is 0 Å². The second kappa shape index (κ2) is 7.48. The number of nitrogens with one attached hydrogen (secondary N) is 1. The van der Waals surface area contributed by atoms with Crippen molar-refractivity contribution in [3.8, 4) is 0 Å². The Hall–Kier alpha value is -2.93. The second-order valence-corrected chi connectivity index (χ2v) is 8.06. The molecule has 2 unspecified atom stereocenters. The van der Waals surface area contributed by atoms with Crippen LogP contribution in [0.4, 0.5) is 5.82 Å². The largest absolute Gasteiger partial charge is 0.373 e. The molecule has 0 bridgehead atoms. The Morgan fingerprint density at radius 3 is 3.07 bits per heavy atom. The maximum atomic E-state index is 13.2. The van der Waals surface area contributed by atoms with Gasteiger partial charge in [0.2, 0.25) is 0 Å². The molecule has 5 rings (SSSR count). The van der Waals surface area contributed by atoms with Crippen molar-refractivity contribution in [3.63, 3.8) is 0 Å². The molecule has 2 fully saturated rings. The minimum atomic E-state index is -0.231. The lowest BCUT2D eigenvalue weighted by Crippen LogP contribution is -2.50. The highest BCUT2D eigenvalue weighted by Gasteiger charge is 2.44. The third-order valence-corrected chi connectivity index (χ3v) is 5.99. The first-order valence-electron chi connectivity index (χ1n) is 10.2. The van der Waals surface area contributed by atoms with Gasteiger partial charge in [-0.3, -0.25) is 9.20 Å². The van der Waals surface area contributed by atoms with Crippen LogP contribution in [0.3, 0.4) is 0 Å². The number of hydrogen-bond acceptors (Lipinski definition) is 5. The molecular formula is C22H25N5O2. The van der Waals surface area contributed by atoms with Crippen LogP contribution >= 0.6 is 0 Å². The number of ether oxygens (including phenoxy) is 1. The lowest BCUT2D eigenvalue weighted by Gasteiger charge is -2.39. The molecule has 1 N–H and O–H groups in total. The van der Waals surface area contributed by atoms with Crippen molar-refractivity contribution < 1.29 is 9.53 Å². The van der Waals surface area contributed by atoms with Gasteiger partial charge in [0.05, 0.1) is 24.9 Å². The highest BCUT2D eigenvalue weighted by molar-refractivity contribution is 5.93. The predicted molar refractivity (Wildman–Crippen MR) is 110 cm³/mol. The third-order valence-electron chi connectivity index (χ3n) is 5.99. The van der Waals surface area contributed by atoms with Crippen molar-refractivity contribution in [2.24, 2.45) is 5.92 Å². The molecular weight excluding hydrogens is 366 g/mol. The molecule has 5 heterocycles. The Morgan fingerprint density at radius 1 is 1.24 bits per heavy atom. The van der Waals surface area contributed by atoms with Gasteiger partial charge in [0.25, 0.3) is 5.91 Å². The summed E-state index contributed by atoms with van der Waals surface area (Å²) in [5.74, 6) is 1.34. The van der Waals surface area contributed by atoms with Gasteiger partial charge in [0, 0.05) is 31.4 Å². The molecule has 3 aromatic heterocycles. The second-order valence-electron chi connectivity index (χ2n) is 8.06. The van der Waals surface area contributed by atoms with Crippen molar-refractivity contribution in [2.75, 3.05) is 31.6 Å². The van der Waals surface area contributed by atoms with E-state index in [0.717, 1.165) is 50.4 Å². The zero-order chi connectivity index (χ0) is 19.7. The summed E-state index contributed by atoms with van der Waals surface area (Å²) in [5, 5.41) is 3.40. The number of pyridine rings is 2. The molecule has 1 amide bonds. The first kappa shape index (κ1) is 18.1. The molecule has 2 aliphatic rings. The number of rotatable bonds is 4. The average molecular weight is 391 g/mol. The molecule has 3 aromatic rings. The molecule has 0 saturated carbocycles. The van der Waals surface area contributed by atoms with Crippen molar-refractivity contribution in [1.82, 2.24) is 19.3 Å². The van der Waals surface area contributed by atoms with Gasteiger partial charge in [-0.25, -0.2) is 9.97 Å². The molecule has 7 nitrogen and oxygen atoms in total. The smallest absolute Gasteiger partial charge is 0.272 e. The van der Waals surface area contributed by atoms with E-state index in [1.165, 1.54) is 0 Å². The normalized spacial score (nSPS) is 24.3. The SMILES string of the molecule is O=C(c1cnc2ccccn12)N1CCCC2(CC(CNc3ccccn3)CO2)C1. The topological polar surface area (TPSA) is 71.8 Å². The standard InChI is InChI=1S/C22H25N5O2/c28-21(18-14-25-20-7-2-4-11-27(18)20)26-10-5-8-22(16-26)12-17(15-29-22)13-24-19-6-1-3-9-23-19/h1-4,6-7,9,11,14,17H,5,8,10,12-13,15-16H2,(H,23,24). The Labute approximate surface area is 169 Å². The van der Waals surface area contributed by atoms with E-state index in [2.05, 4.69) is 15.3 Å². The number of aromatic nitrogens is 3. The number of nitrogens with zero attached hydrogens (tertiary/aromatic N) is 4. The first-order chi connectivity index (χ1) is 14.2. The molecule has 2 atom stereocenters. The lowest BCUT2D eigenvalue weighted by molar-refractivity contribution is -0.0450. The number of carbonyl (C=O) groups excluding carboxylic acids is 1. The number of hydrogen-bond donors (Lipinski definition) is 1. The number of likely N-dealkylation sites (tertiary alicyclic amines) is 1. The Morgan fingerprint density at radius 2 is 2.17 bits per heavy atom. The van der Waals surface area contributed by atoms with Gasteiger partial charge in [-0.1, -0.05) is 12.1 Å². The lowest BCUT2D eigenvalue weighted by atomic mass is 9.86. The number of anilines is 1. The Bertz CT molecular complexity index is 1000. The summed E-state index contributed by atoms with van der Waals surface area (Å²) in [6.07, 6.45) is 8.28. The molecule has 0 aliphatic carbocycles. The molecule has 2 aliphatic heterocycles. The van der Waals surface area contributed by atoms with Crippen LogP contribution in [-0.4, -0.2) is 57.0 Å². The molecule has 150 valence electrons. The zero-order valence-electron chi connectivity index (χ0n) is 16.3. The van der Waals surface area contributed by atoms with E-state index < -0.39 is 0 Å². The minimum absolute atomic E-state index is 0.0291. The van der Waals surface area contributed by atoms with E-state index in [-0.39, 0.29) is 11.5 Å². The highest BCUT2D eigenvalue weighted by Crippen LogP contribution is 2.38. The monoisotopic (exact) mass is 391 g/mol. The van der Waals surface area contributed by atoms with Gasteiger partial charge < -0.3 is 15.0 Å². The van der Waals surface area contributed by atoms with Crippen molar-refractivity contribution in [1.29, 1.82) is 0 Å². The Kier molecular flexibility index (Phi) is 4.67. The van der Waals surface area contributed by atoms with Gasteiger partial charge in [-0.15, -0.1) is 0 Å². The predicted octanol–water partition coefficient (Wildman–Crippen LogP) is 2.85. The molecule has 0 aromatic carbocycles. The van der Waals surface area contributed by atoms with E-state index in [9.17, 15) is 4.79 Å². The minimum Gasteiger partial charge on any atom is -0.373 e. The van der Waals surface area contributed by atoms with Crippen LogP contribution in [0.15, 0.2) is 55.0 Å². The van der Waals surface area contributed by atoms with Crippen LogP contribution in [-0.2, 0) is 4.74 Å². The van der Waals surface area contributed by atoms with Crippen molar-refractivity contribution in [3.05, 3.63) is 60.7 Å². The number of fused-ring (bicyclic) bond motifs is 1. The van der Waals surface area contributed by atoms with Gasteiger partial charge in [0.1, 0.15) is 17.2 Å². The number of amides is 1. The Balaban J connectivity index is 1.25. The first-order valence-corrected chi connectivity index (χ1v) is 10.2. The van der Waals surface area contributed by atoms with E-state index >= 15 is 0 Å². The fourth-order valence-corrected chi connectivity index (χ4v) is 4.59. The van der Waals surface area contributed by atoms with Crippen LogP contribution in [0, 0.1) is 5.92 Å². The average Bonchev–Trinajstić information content (AvgIpc) is 3.37. The number of piperidine rings is 1. The molecule has 0 radical (unpaired) electrons. The number of imidazole rings is 1. The highest BCUT2D eigenvalue weighted by atomic mass is 16.5. The van der Waals surface area contributed by atoms with Crippen LogP contribution in [0.1, 0.15) is 29.8 Å². The van der Waals surface area contributed by atoms with Crippen LogP contribution in [0.2, 0.25) is 0 Å². The van der Waals surface area contributed by atoms with Crippen LogP contribution in [0.5, 0.6) is 0 Å². The van der Waals surface area contributed by atoms with Gasteiger partial charge in [0.15, 0.2) is 0 Å². The number of carbonyl (C=O) groups is 1. The van der Waals surface area contributed by atoms with E-state index in [0.29, 0.717) is 18.2 Å². The fraction of sp³-hybridized carbons (Fsp3) is 0.409. The third kappa shape index (κ3) is 3.58. The molecule has 1 spiro atoms. The summed E-state index contributed by atoms with van der Waals surface area (Å²) in [7, 11) is 0. The summed E-state index contributed by atoms with van der Waals surface area (Å²) < 4.78 is 8.15. The van der Waals surface area contributed by atoms with E-state index in [4.69, 9.17) is 4.74 Å². The molecule has 2 saturated heterocycles. The maximum Gasteiger partial charge on any atom is 0.272 e. The van der Waals surface area contributed by atoms with Crippen LogP contribution < -0.4 is 5.32 Å². The zero-order valence-corrected chi connectivity index (χ0v) is 16.3. The van der Waals surface area contributed by atoms with Crippen molar-refractivity contribution >= 4 is 17.4 Å². The summed E-state index contributed by atoms with van der Waals surface area (Å²) >= 11 is 0. The van der Waals surface area contributed by atoms with Crippen molar-refractivity contribution in [2.45, 2.75) is 24.9 Å². The van der Waals surface area contributed by atoms with Gasteiger partial charge in [-0.05, 0) is 43.5 Å². The maximum absolute atomic E-state index is 13.2.